The number of carboxylic acid groups (broad SMARTS) is 1. The standard InChI is InChI=1S/C12H9N.C8H8O2/c1-3-7-11-9(5-1)10-6-2-4-8-12(10)13-11;9-8(10)6-7-4-2-1-3-5-7/h1-8,13H;1-5H,6H2,(H,9,10). The lowest BCUT2D eigenvalue weighted by Crippen LogP contribution is -1.98. The second kappa shape index (κ2) is 6.79. The summed E-state index contributed by atoms with van der Waals surface area (Å²) < 4.78 is 0. The van der Waals surface area contributed by atoms with Crippen molar-refractivity contribution < 1.29 is 9.90 Å². The molecule has 3 heteroatoms. The van der Waals surface area contributed by atoms with Crippen LogP contribution in [0.15, 0.2) is 78.9 Å². The fourth-order valence-electron chi connectivity index (χ4n) is 2.57. The number of carboxylic acids is 1. The molecule has 0 saturated carbocycles. The number of hydrogen-bond donors (Lipinski definition) is 2. The van der Waals surface area contributed by atoms with Crippen LogP contribution in [0.2, 0.25) is 0 Å². The Morgan fingerprint density at radius 3 is 1.74 bits per heavy atom. The van der Waals surface area contributed by atoms with Gasteiger partial charge in [0.05, 0.1) is 6.42 Å². The zero-order valence-corrected chi connectivity index (χ0v) is 12.6. The minimum atomic E-state index is -0.786. The Hall–Kier alpha value is -3.07. The smallest absolute Gasteiger partial charge is 0.307 e. The second-order valence-electron chi connectivity index (χ2n) is 5.27. The summed E-state index contributed by atoms with van der Waals surface area (Å²) in [6, 6.07) is 25.9. The lowest BCUT2D eigenvalue weighted by atomic mass is 10.2. The number of aromatic nitrogens is 1. The molecule has 23 heavy (non-hydrogen) atoms. The quantitative estimate of drug-likeness (QED) is 0.567. The molecule has 0 radical (unpaired) electrons. The molecule has 0 atom stereocenters. The van der Waals surface area contributed by atoms with Crippen molar-refractivity contribution in [3.8, 4) is 0 Å². The van der Waals surface area contributed by atoms with Crippen LogP contribution in [0.25, 0.3) is 21.8 Å². The first-order valence-electron chi connectivity index (χ1n) is 7.45. The summed E-state index contributed by atoms with van der Waals surface area (Å²) in [4.78, 5) is 13.5. The van der Waals surface area contributed by atoms with Gasteiger partial charge in [-0.3, -0.25) is 4.79 Å². The number of aromatic amines is 1. The lowest BCUT2D eigenvalue weighted by molar-refractivity contribution is -0.136. The van der Waals surface area contributed by atoms with Crippen LogP contribution in [0, 0.1) is 0 Å². The van der Waals surface area contributed by atoms with E-state index in [9.17, 15) is 4.79 Å². The van der Waals surface area contributed by atoms with Crippen molar-refractivity contribution in [2.24, 2.45) is 0 Å². The highest BCUT2D eigenvalue weighted by Gasteiger charge is 2.00. The first kappa shape index (κ1) is 14.9. The van der Waals surface area contributed by atoms with E-state index >= 15 is 0 Å². The minimum Gasteiger partial charge on any atom is -0.481 e. The fourth-order valence-corrected chi connectivity index (χ4v) is 2.57. The molecule has 114 valence electrons. The monoisotopic (exact) mass is 303 g/mol. The Morgan fingerprint density at radius 1 is 0.739 bits per heavy atom. The molecule has 4 aromatic rings. The van der Waals surface area contributed by atoms with E-state index in [0.29, 0.717) is 0 Å². The highest BCUT2D eigenvalue weighted by molar-refractivity contribution is 6.06. The Balaban J connectivity index is 0.000000142. The summed E-state index contributed by atoms with van der Waals surface area (Å²) in [6.07, 6.45) is 0.112. The Kier molecular flexibility index (Phi) is 4.39. The van der Waals surface area contributed by atoms with E-state index in [0.717, 1.165) is 5.56 Å². The maximum absolute atomic E-state index is 10.2. The number of benzene rings is 3. The number of hydrogen-bond acceptors (Lipinski definition) is 1. The van der Waals surface area contributed by atoms with E-state index in [1.54, 1.807) is 12.1 Å². The molecule has 0 unspecified atom stereocenters. The number of aliphatic carboxylic acids is 1. The van der Waals surface area contributed by atoms with Gasteiger partial charge in [0.25, 0.3) is 0 Å². The maximum Gasteiger partial charge on any atom is 0.307 e. The van der Waals surface area contributed by atoms with Gasteiger partial charge in [-0.25, -0.2) is 0 Å². The number of para-hydroxylation sites is 2. The molecule has 0 amide bonds. The van der Waals surface area contributed by atoms with E-state index in [1.165, 1.54) is 21.8 Å². The zero-order valence-electron chi connectivity index (χ0n) is 12.6. The number of H-pyrrole nitrogens is 1. The van der Waals surface area contributed by atoms with Gasteiger partial charge in [-0.15, -0.1) is 0 Å². The van der Waals surface area contributed by atoms with Crippen molar-refractivity contribution in [1.29, 1.82) is 0 Å². The molecule has 4 rings (SSSR count). The Labute approximate surface area is 134 Å². The first-order chi connectivity index (χ1) is 11.2. The molecule has 0 saturated heterocycles. The number of fused-ring (bicyclic) bond motifs is 3. The van der Waals surface area contributed by atoms with Crippen molar-refractivity contribution >= 4 is 27.8 Å². The number of rotatable bonds is 2. The highest BCUT2D eigenvalue weighted by Crippen LogP contribution is 2.24. The molecular weight excluding hydrogens is 286 g/mol. The fraction of sp³-hybridized carbons (Fsp3) is 0.0500. The van der Waals surface area contributed by atoms with Gasteiger partial charge >= 0.3 is 5.97 Å². The minimum absolute atomic E-state index is 0.112. The highest BCUT2D eigenvalue weighted by atomic mass is 16.4. The van der Waals surface area contributed by atoms with Crippen LogP contribution >= 0.6 is 0 Å². The predicted octanol–water partition coefficient (Wildman–Crippen LogP) is 4.63. The van der Waals surface area contributed by atoms with Crippen molar-refractivity contribution in [1.82, 2.24) is 4.98 Å². The normalized spacial score (nSPS) is 10.3. The summed E-state index contributed by atoms with van der Waals surface area (Å²) in [5, 5.41) is 11.0. The van der Waals surface area contributed by atoms with Crippen LogP contribution < -0.4 is 0 Å². The summed E-state index contributed by atoms with van der Waals surface area (Å²) in [5.41, 5.74) is 3.27. The molecule has 2 N–H and O–H groups in total. The largest absolute Gasteiger partial charge is 0.481 e. The molecule has 1 aromatic heterocycles. The molecule has 0 aliphatic heterocycles. The number of nitrogens with one attached hydrogen (secondary N) is 1. The van der Waals surface area contributed by atoms with Gasteiger partial charge in [-0.1, -0.05) is 66.7 Å². The van der Waals surface area contributed by atoms with Crippen LogP contribution in [-0.2, 0) is 11.2 Å². The molecule has 0 fully saturated rings. The molecule has 0 spiro atoms. The van der Waals surface area contributed by atoms with Crippen molar-refractivity contribution in [2.45, 2.75) is 6.42 Å². The van der Waals surface area contributed by atoms with Crippen molar-refractivity contribution in [3.05, 3.63) is 84.4 Å². The van der Waals surface area contributed by atoms with Crippen LogP contribution in [0.5, 0.6) is 0 Å². The first-order valence-corrected chi connectivity index (χ1v) is 7.45. The summed E-state index contributed by atoms with van der Waals surface area (Å²) in [5.74, 6) is -0.786. The lowest BCUT2D eigenvalue weighted by Gasteiger charge is -1.92. The molecular formula is C20H17NO2. The number of carbonyl (C=O) groups is 1. The molecule has 0 bridgehead atoms. The van der Waals surface area contributed by atoms with Gasteiger partial charge in [-0.05, 0) is 17.7 Å². The third kappa shape index (κ3) is 3.58. The maximum atomic E-state index is 10.2. The van der Waals surface area contributed by atoms with Gasteiger partial charge < -0.3 is 10.1 Å². The average Bonchev–Trinajstić information content (AvgIpc) is 2.94. The second-order valence-corrected chi connectivity index (χ2v) is 5.27. The average molecular weight is 303 g/mol. The molecule has 3 aromatic carbocycles. The molecule has 1 heterocycles. The van der Waals surface area contributed by atoms with Crippen LogP contribution in [0.1, 0.15) is 5.56 Å². The zero-order chi connectivity index (χ0) is 16.1. The van der Waals surface area contributed by atoms with Gasteiger partial charge in [0.1, 0.15) is 0 Å². The van der Waals surface area contributed by atoms with Gasteiger partial charge in [0.15, 0.2) is 0 Å². The summed E-state index contributed by atoms with van der Waals surface area (Å²) >= 11 is 0. The molecule has 0 aliphatic carbocycles. The van der Waals surface area contributed by atoms with Gasteiger partial charge in [0.2, 0.25) is 0 Å². The van der Waals surface area contributed by atoms with Crippen LogP contribution in [-0.4, -0.2) is 16.1 Å². The van der Waals surface area contributed by atoms with Gasteiger partial charge in [-0.2, -0.15) is 0 Å². The van der Waals surface area contributed by atoms with E-state index in [4.69, 9.17) is 5.11 Å². The topological polar surface area (TPSA) is 53.1 Å². The van der Waals surface area contributed by atoms with E-state index < -0.39 is 5.97 Å². The Morgan fingerprint density at radius 2 is 1.22 bits per heavy atom. The SMILES string of the molecule is O=C(O)Cc1ccccc1.c1ccc2c(c1)[nH]c1ccccc12. The molecule has 0 aliphatic rings. The van der Waals surface area contributed by atoms with E-state index in [2.05, 4.69) is 53.5 Å². The van der Waals surface area contributed by atoms with E-state index in [1.807, 2.05) is 18.2 Å². The summed E-state index contributed by atoms with van der Waals surface area (Å²) in [7, 11) is 0. The third-order valence-electron chi connectivity index (χ3n) is 3.61. The van der Waals surface area contributed by atoms with Crippen LogP contribution in [0.4, 0.5) is 0 Å². The Bertz CT molecular complexity index is 876. The third-order valence-corrected chi connectivity index (χ3v) is 3.61. The van der Waals surface area contributed by atoms with E-state index in [-0.39, 0.29) is 6.42 Å². The van der Waals surface area contributed by atoms with Crippen molar-refractivity contribution in [2.75, 3.05) is 0 Å². The predicted molar refractivity (Wildman–Crippen MR) is 93.6 cm³/mol. The van der Waals surface area contributed by atoms with Crippen LogP contribution in [0.3, 0.4) is 0 Å². The molecule has 3 nitrogen and oxygen atoms in total. The summed E-state index contributed by atoms with van der Waals surface area (Å²) in [6.45, 7) is 0. The van der Waals surface area contributed by atoms with Crippen molar-refractivity contribution in [3.63, 3.8) is 0 Å². The van der Waals surface area contributed by atoms with Gasteiger partial charge in [0, 0.05) is 21.8 Å².